The number of benzene rings is 2. The lowest BCUT2D eigenvalue weighted by molar-refractivity contribution is -0.384. The third kappa shape index (κ3) is 3.11. The molecular weight excluding hydrogens is 403 g/mol. The third-order valence-electron chi connectivity index (χ3n) is 5.04. The van der Waals surface area contributed by atoms with E-state index >= 15 is 0 Å². The predicted molar refractivity (Wildman–Crippen MR) is 107 cm³/mol. The molecule has 0 saturated carbocycles. The van der Waals surface area contributed by atoms with Gasteiger partial charge < -0.3 is 5.32 Å². The summed E-state index contributed by atoms with van der Waals surface area (Å²) < 4.78 is 0. The zero-order valence-electron chi connectivity index (χ0n) is 14.7. The molecule has 0 aliphatic carbocycles. The highest BCUT2D eigenvalue weighted by atomic mass is 35.5. The summed E-state index contributed by atoms with van der Waals surface area (Å²) in [4.78, 5) is 23.1. The lowest BCUT2D eigenvalue weighted by Crippen LogP contribution is -2.52. The molecule has 1 saturated heterocycles. The van der Waals surface area contributed by atoms with E-state index in [-0.39, 0.29) is 29.7 Å². The highest BCUT2D eigenvalue weighted by Crippen LogP contribution is 2.39. The SMILES string of the molecule is CC1NN2C(=O)C=C(c3ccc([N+](=O)[O-])cc3)NC2C1c1cccc(Cl)c1Cl. The second-order valence-corrected chi connectivity index (χ2v) is 7.53. The van der Waals surface area contributed by atoms with Gasteiger partial charge in [0.25, 0.3) is 11.6 Å². The smallest absolute Gasteiger partial charge is 0.269 e. The number of nitrogens with zero attached hydrogens (tertiary/aromatic N) is 2. The van der Waals surface area contributed by atoms with Gasteiger partial charge in [-0.1, -0.05) is 35.3 Å². The van der Waals surface area contributed by atoms with E-state index in [1.165, 1.54) is 18.2 Å². The van der Waals surface area contributed by atoms with Crippen molar-refractivity contribution in [1.82, 2.24) is 15.8 Å². The van der Waals surface area contributed by atoms with Gasteiger partial charge in [-0.2, -0.15) is 0 Å². The number of nitro benzene ring substituents is 1. The molecule has 0 radical (unpaired) electrons. The van der Waals surface area contributed by atoms with Crippen LogP contribution in [0.15, 0.2) is 48.5 Å². The van der Waals surface area contributed by atoms with Crippen LogP contribution in [0.25, 0.3) is 5.70 Å². The van der Waals surface area contributed by atoms with E-state index in [0.717, 1.165) is 5.56 Å². The molecule has 2 aromatic carbocycles. The number of nitro groups is 1. The van der Waals surface area contributed by atoms with E-state index < -0.39 is 4.92 Å². The fourth-order valence-corrected chi connectivity index (χ4v) is 4.14. The number of hydrogen-bond donors (Lipinski definition) is 2. The van der Waals surface area contributed by atoms with Crippen molar-refractivity contribution in [3.63, 3.8) is 0 Å². The maximum atomic E-state index is 12.7. The normalized spacial score (nSPS) is 23.8. The monoisotopic (exact) mass is 418 g/mol. The molecule has 144 valence electrons. The van der Waals surface area contributed by atoms with Gasteiger partial charge in [-0.3, -0.25) is 19.9 Å². The third-order valence-corrected chi connectivity index (χ3v) is 5.87. The quantitative estimate of drug-likeness (QED) is 0.586. The Morgan fingerprint density at radius 3 is 2.54 bits per heavy atom. The molecule has 0 bridgehead atoms. The summed E-state index contributed by atoms with van der Waals surface area (Å²) in [6.45, 7) is 1.97. The molecule has 28 heavy (non-hydrogen) atoms. The Balaban J connectivity index is 1.69. The van der Waals surface area contributed by atoms with Crippen LogP contribution in [0.5, 0.6) is 0 Å². The van der Waals surface area contributed by atoms with Crippen molar-refractivity contribution in [2.45, 2.75) is 25.0 Å². The van der Waals surface area contributed by atoms with Gasteiger partial charge in [0, 0.05) is 35.9 Å². The number of halogens is 2. The number of hydrogen-bond acceptors (Lipinski definition) is 5. The number of amides is 1. The fourth-order valence-electron chi connectivity index (χ4n) is 3.71. The largest absolute Gasteiger partial charge is 0.363 e. The van der Waals surface area contributed by atoms with Gasteiger partial charge in [-0.15, -0.1) is 0 Å². The fraction of sp³-hybridized carbons (Fsp3) is 0.211. The van der Waals surface area contributed by atoms with Crippen molar-refractivity contribution < 1.29 is 9.72 Å². The first-order chi connectivity index (χ1) is 13.4. The number of non-ortho nitro benzene ring substituents is 1. The minimum absolute atomic E-state index is 0.00662. The molecule has 3 atom stereocenters. The first-order valence-electron chi connectivity index (χ1n) is 8.63. The van der Waals surface area contributed by atoms with Crippen molar-refractivity contribution in [2.75, 3.05) is 0 Å². The van der Waals surface area contributed by atoms with Crippen molar-refractivity contribution in [3.05, 3.63) is 79.8 Å². The van der Waals surface area contributed by atoms with Gasteiger partial charge in [0.05, 0.1) is 15.0 Å². The molecule has 2 aromatic rings. The lowest BCUT2D eigenvalue weighted by Gasteiger charge is -2.33. The first kappa shape index (κ1) is 18.7. The van der Waals surface area contributed by atoms with Crippen molar-refractivity contribution in [3.8, 4) is 0 Å². The van der Waals surface area contributed by atoms with Gasteiger partial charge in [-0.05, 0) is 36.2 Å². The van der Waals surface area contributed by atoms with E-state index in [2.05, 4.69) is 10.7 Å². The zero-order chi connectivity index (χ0) is 20.0. The van der Waals surface area contributed by atoms with Crippen LogP contribution in [-0.2, 0) is 4.79 Å². The molecule has 2 aliphatic rings. The van der Waals surface area contributed by atoms with Crippen molar-refractivity contribution in [2.24, 2.45) is 0 Å². The van der Waals surface area contributed by atoms with Crippen LogP contribution in [0.3, 0.4) is 0 Å². The Labute approximate surface area is 171 Å². The Bertz CT molecular complexity index is 993. The van der Waals surface area contributed by atoms with Crippen LogP contribution in [0.1, 0.15) is 24.0 Å². The average Bonchev–Trinajstić information content (AvgIpc) is 3.00. The van der Waals surface area contributed by atoms with E-state index in [1.807, 2.05) is 19.1 Å². The van der Waals surface area contributed by atoms with Crippen LogP contribution in [-0.4, -0.2) is 28.0 Å². The minimum atomic E-state index is -0.459. The Hall–Kier alpha value is -2.61. The van der Waals surface area contributed by atoms with Crippen LogP contribution in [0.2, 0.25) is 10.0 Å². The van der Waals surface area contributed by atoms with Gasteiger partial charge in [0.15, 0.2) is 0 Å². The highest BCUT2D eigenvalue weighted by molar-refractivity contribution is 6.42. The van der Waals surface area contributed by atoms with Crippen LogP contribution in [0.4, 0.5) is 5.69 Å². The van der Waals surface area contributed by atoms with Crippen LogP contribution in [0, 0.1) is 10.1 Å². The van der Waals surface area contributed by atoms with Gasteiger partial charge in [0.1, 0.15) is 6.17 Å². The number of hydrazine groups is 1. The highest BCUT2D eigenvalue weighted by Gasteiger charge is 2.45. The Kier molecular flexibility index (Phi) is 4.74. The number of nitrogens with one attached hydrogen (secondary N) is 2. The second kappa shape index (κ2) is 7.09. The average molecular weight is 419 g/mol. The molecule has 1 fully saturated rings. The van der Waals surface area contributed by atoms with Gasteiger partial charge in [0.2, 0.25) is 0 Å². The summed E-state index contributed by atoms with van der Waals surface area (Å²) in [6, 6.07) is 11.4. The molecule has 7 nitrogen and oxygen atoms in total. The van der Waals surface area contributed by atoms with Crippen LogP contribution >= 0.6 is 23.2 Å². The Morgan fingerprint density at radius 2 is 1.86 bits per heavy atom. The van der Waals surface area contributed by atoms with E-state index in [4.69, 9.17) is 23.2 Å². The molecule has 0 spiro atoms. The molecule has 9 heteroatoms. The molecule has 2 N–H and O–H groups in total. The van der Waals surface area contributed by atoms with Crippen LogP contribution < -0.4 is 10.7 Å². The number of rotatable bonds is 3. The molecular formula is C19H16Cl2N4O3. The standard InChI is InChI=1S/C19H16Cl2N4O3/c1-10-17(13-3-2-4-14(20)18(13)21)19-22-15(9-16(26)24(19)23-10)11-5-7-12(8-6-11)25(27)28/h2-10,17,19,22-23H,1H3. The molecule has 2 aliphatic heterocycles. The second-order valence-electron chi connectivity index (χ2n) is 6.75. The van der Waals surface area contributed by atoms with Gasteiger partial charge in [-0.25, -0.2) is 5.43 Å². The molecule has 2 heterocycles. The van der Waals surface area contributed by atoms with E-state index in [9.17, 15) is 14.9 Å². The minimum Gasteiger partial charge on any atom is -0.363 e. The summed E-state index contributed by atoms with van der Waals surface area (Å²) in [5.74, 6) is -0.346. The summed E-state index contributed by atoms with van der Waals surface area (Å²) in [5, 5.41) is 16.7. The van der Waals surface area contributed by atoms with Gasteiger partial charge >= 0.3 is 0 Å². The van der Waals surface area contributed by atoms with E-state index in [1.54, 1.807) is 23.2 Å². The first-order valence-corrected chi connectivity index (χ1v) is 9.38. The maximum absolute atomic E-state index is 12.7. The summed E-state index contributed by atoms with van der Waals surface area (Å²) in [7, 11) is 0. The van der Waals surface area contributed by atoms with Crippen molar-refractivity contribution >= 4 is 40.5 Å². The maximum Gasteiger partial charge on any atom is 0.269 e. The molecule has 3 unspecified atom stereocenters. The van der Waals surface area contributed by atoms with E-state index in [0.29, 0.717) is 21.3 Å². The van der Waals surface area contributed by atoms with Crippen molar-refractivity contribution in [1.29, 1.82) is 0 Å². The number of carbonyl (C=O) groups excluding carboxylic acids is 1. The summed E-state index contributed by atoms with van der Waals surface area (Å²) in [5.41, 5.74) is 5.30. The molecule has 4 rings (SSSR count). The topological polar surface area (TPSA) is 87.5 Å². The predicted octanol–water partition coefficient (Wildman–Crippen LogP) is 3.69. The Morgan fingerprint density at radius 1 is 1.14 bits per heavy atom. The number of carbonyl (C=O) groups is 1. The molecule has 0 aromatic heterocycles. The zero-order valence-corrected chi connectivity index (χ0v) is 16.2. The lowest BCUT2D eigenvalue weighted by atomic mass is 9.90. The molecule has 1 amide bonds. The number of fused-ring (bicyclic) bond motifs is 1. The summed E-state index contributed by atoms with van der Waals surface area (Å²) in [6.07, 6.45) is 1.09. The summed E-state index contributed by atoms with van der Waals surface area (Å²) >= 11 is 12.6.